The second-order valence-electron chi connectivity index (χ2n) is 7.18. The van der Waals surface area contributed by atoms with Gasteiger partial charge in [-0.05, 0) is 24.0 Å². The first-order valence-electron chi connectivity index (χ1n) is 9.75. The molecule has 0 radical (unpaired) electrons. The molecule has 1 heterocycles. The van der Waals surface area contributed by atoms with Crippen LogP contribution < -0.4 is 5.73 Å². The van der Waals surface area contributed by atoms with Gasteiger partial charge in [-0.25, -0.2) is 9.18 Å². The number of carbonyl (C=O) groups excluding carboxylic acids is 1. The number of ether oxygens (including phenoxy) is 2. The van der Waals surface area contributed by atoms with E-state index < -0.39 is 37.2 Å². The Morgan fingerprint density at radius 3 is 2.34 bits per heavy atom. The summed E-state index contributed by atoms with van der Waals surface area (Å²) in [5.41, 5.74) is 7.46. The summed E-state index contributed by atoms with van der Waals surface area (Å²) < 4.78 is 25.1. The van der Waals surface area contributed by atoms with Gasteiger partial charge in [0.2, 0.25) is 0 Å². The molecule has 1 saturated heterocycles. The molecule has 0 aromatic heterocycles. The topological polar surface area (TPSA) is 85.0 Å². The highest BCUT2D eigenvalue weighted by molar-refractivity contribution is 5.68. The molecule has 3 rings (SSSR count). The number of hydrogen-bond acceptors (Lipinski definition) is 5. The van der Waals surface area contributed by atoms with E-state index in [0.717, 1.165) is 11.1 Å². The van der Waals surface area contributed by atoms with E-state index in [2.05, 4.69) is 0 Å². The molecular formula is C22H27FN2O4. The number of rotatable bonds is 7. The number of aliphatic hydroxyl groups is 1. The minimum absolute atomic E-state index is 0.0863. The Balaban J connectivity index is 1.76. The fourth-order valence-corrected chi connectivity index (χ4v) is 3.41. The Morgan fingerprint density at radius 2 is 1.76 bits per heavy atom. The van der Waals surface area contributed by atoms with E-state index in [1.165, 1.54) is 4.90 Å². The van der Waals surface area contributed by atoms with Crippen LogP contribution in [0.2, 0.25) is 0 Å². The van der Waals surface area contributed by atoms with Gasteiger partial charge >= 0.3 is 6.09 Å². The van der Waals surface area contributed by atoms with Gasteiger partial charge in [0.05, 0.1) is 18.2 Å². The zero-order valence-electron chi connectivity index (χ0n) is 16.2. The molecule has 7 heteroatoms. The summed E-state index contributed by atoms with van der Waals surface area (Å²) in [4.78, 5) is 14.2. The molecule has 6 nitrogen and oxygen atoms in total. The molecule has 0 spiro atoms. The number of amides is 1. The van der Waals surface area contributed by atoms with E-state index in [0.29, 0.717) is 12.8 Å². The lowest BCUT2D eigenvalue weighted by molar-refractivity contribution is -0.189. The third kappa shape index (κ3) is 5.76. The molecule has 1 unspecified atom stereocenters. The third-order valence-corrected chi connectivity index (χ3v) is 5.09. The van der Waals surface area contributed by atoms with Crippen LogP contribution in [0.25, 0.3) is 0 Å². The fourth-order valence-electron chi connectivity index (χ4n) is 3.41. The lowest BCUT2D eigenvalue weighted by atomic mass is 9.98. The predicted octanol–water partition coefficient (Wildman–Crippen LogP) is 2.99. The number of nitrogens with two attached hydrogens (primary N) is 1. The Morgan fingerprint density at radius 1 is 1.14 bits per heavy atom. The highest BCUT2D eigenvalue weighted by Gasteiger charge is 2.38. The van der Waals surface area contributed by atoms with E-state index in [-0.39, 0.29) is 13.2 Å². The molecule has 156 valence electrons. The van der Waals surface area contributed by atoms with Crippen molar-refractivity contribution in [1.29, 1.82) is 0 Å². The summed E-state index contributed by atoms with van der Waals surface area (Å²) in [6.45, 7) is -0.562. The number of halogens is 1. The molecule has 0 aliphatic carbocycles. The molecule has 29 heavy (non-hydrogen) atoms. The quantitative estimate of drug-likeness (QED) is 0.744. The van der Waals surface area contributed by atoms with Gasteiger partial charge < -0.3 is 20.3 Å². The average molecular weight is 402 g/mol. The van der Waals surface area contributed by atoms with Crippen LogP contribution in [0.15, 0.2) is 60.7 Å². The zero-order valence-corrected chi connectivity index (χ0v) is 16.2. The van der Waals surface area contributed by atoms with E-state index in [9.17, 15) is 14.3 Å². The number of nitrogens with zero attached hydrogens (tertiary/aromatic N) is 1. The number of aliphatic hydroxyl groups excluding tert-OH is 1. The average Bonchev–Trinajstić information content (AvgIpc) is 2.75. The van der Waals surface area contributed by atoms with Crippen LogP contribution in [-0.4, -0.2) is 47.3 Å². The van der Waals surface area contributed by atoms with Crippen LogP contribution >= 0.6 is 0 Å². The van der Waals surface area contributed by atoms with Gasteiger partial charge in [-0.3, -0.25) is 4.90 Å². The molecule has 0 bridgehead atoms. The van der Waals surface area contributed by atoms with Crippen molar-refractivity contribution in [2.75, 3.05) is 6.67 Å². The molecular weight excluding hydrogens is 375 g/mol. The van der Waals surface area contributed by atoms with Crippen molar-refractivity contribution in [1.82, 2.24) is 4.90 Å². The van der Waals surface area contributed by atoms with Crippen LogP contribution in [-0.2, 0) is 22.6 Å². The van der Waals surface area contributed by atoms with Crippen molar-refractivity contribution in [3.63, 3.8) is 0 Å². The maximum absolute atomic E-state index is 14.1. The third-order valence-electron chi connectivity index (χ3n) is 5.09. The van der Waals surface area contributed by atoms with Gasteiger partial charge in [-0.2, -0.15) is 0 Å². The predicted molar refractivity (Wildman–Crippen MR) is 106 cm³/mol. The lowest BCUT2D eigenvalue weighted by Gasteiger charge is -2.39. The largest absolute Gasteiger partial charge is 0.445 e. The number of alkyl halides is 1. The van der Waals surface area contributed by atoms with Crippen LogP contribution in [0.1, 0.15) is 24.0 Å². The molecule has 3 N–H and O–H groups in total. The minimum atomic E-state index is -1.18. The van der Waals surface area contributed by atoms with Crippen molar-refractivity contribution in [3.8, 4) is 0 Å². The Labute approximate surface area is 170 Å². The Kier molecular flexibility index (Phi) is 7.57. The Hall–Kier alpha value is -2.48. The van der Waals surface area contributed by atoms with Crippen molar-refractivity contribution < 1.29 is 23.8 Å². The molecule has 1 fully saturated rings. The first-order chi connectivity index (χ1) is 14.1. The summed E-state index contributed by atoms with van der Waals surface area (Å²) in [6, 6.07) is 17.2. The van der Waals surface area contributed by atoms with E-state index >= 15 is 0 Å². The van der Waals surface area contributed by atoms with Gasteiger partial charge in [-0.15, -0.1) is 0 Å². The highest BCUT2D eigenvalue weighted by Crippen LogP contribution is 2.25. The molecule has 2 aromatic carbocycles. The van der Waals surface area contributed by atoms with Crippen molar-refractivity contribution >= 4 is 6.09 Å². The normalized spacial score (nSPS) is 22.7. The van der Waals surface area contributed by atoms with Crippen molar-refractivity contribution in [3.05, 3.63) is 71.8 Å². The maximum Gasteiger partial charge on any atom is 0.410 e. The van der Waals surface area contributed by atoms with Gasteiger partial charge in [0.1, 0.15) is 13.3 Å². The van der Waals surface area contributed by atoms with E-state index in [1.807, 2.05) is 60.7 Å². The second-order valence-corrected chi connectivity index (χ2v) is 7.18. The summed E-state index contributed by atoms with van der Waals surface area (Å²) in [5.74, 6) is 0. The summed E-state index contributed by atoms with van der Waals surface area (Å²) in [6.07, 6.45) is -1.54. The van der Waals surface area contributed by atoms with Crippen LogP contribution in [0.3, 0.4) is 0 Å². The number of benzene rings is 2. The first-order valence-corrected chi connectivity index (χ1v) is 9.75. The van der Waals surface area contributed by atoms with Crippen molar-refractivity contribution in [2.45, 2.75) is 50.5 Å². The smallest absolute Gasteiger partial charge is 0.410 e. The van der Waals surface area contributed by atoms with Crippen molar-refractivity contribution in [2.24, 2.45) is 5.73 Å². The van der Waals surface area contributed by atoms with Gasteiger partial charge in [0, 0.05) is 6.54 Å². The molecule has 4 atom stereocenters. The van der Waals surface area contributed by atoms with E-state index in [1.54, 1.807) is 0 Å². The molecule has 1 amide bonds. The van der Waals surface area contributed by atoms with Gasteiger partial charge in [0.25, 0.3) is 0 Å². The standard InChI is InChI=1S/C22H27FN2O4/c23-13-19(20-12-11-18(24)21(26)29-20)25(14-16-7-3-1-4-8-16)22(27)28-15-17-9-5-2-6-10-17/h1-10,18-21,26H,11-15,24H2/t18-,19-,20+,21?/m1/s1. The maximum atomic E-state index is 14.1. The molecule has 1 aliphatic rings. The van der Waals surface area contributed by atoms with E-state index in [4.69, 9.17) is 15.2 Å². The van der Waals surface area contributed by atoms with Gasteiger partial charge in [0.15, 0.2) is 6.29 Å². The Bertz CT molecular complexity index is 762. The zero-order chi connectivity index (χ0) is 20.6. The molecule has 0 saturated carbocycles. The van der Waals surface area contributed by atoms with Crippen LogP contribution in [0.4, 0.5) is 9.18 Å². The summed E-state index contributed by atoms with van der Waals surface area (Å²) in [7, 11) is 0. The highest BCUT2D eigenvalue weighted by atomic mass is 19.1. The SMILES string of the molecule is N[C@@H]1CC[C@@H]([C@@H](CF)N(Cc2ccccc2)C(=O)OCc2ccccc2)OC1O. The van der Waals surface area contributed by atoms with Gasteiger partial charge in [-0.1, -0.05) is 60.7 Å². The summed E-state index contributed by atoms with van der Waals surface area (Å²) in [5, 5.41) is 9.95. The monoisotopic (exact) mass is 402 g/mol. The number of carbonyl (C=O) groups is 1. The fraction of sp³-hybridized carbons (Fsp3) is 0.409. The summed E-state index contributed by atoms with van der Waals surface area (Å²) >= 11 is 0. The lowest BCUT2D eigenvalue weighted by Crippen LogP contribution is -2.54. The molecule has 1 aliphatic heterocycles. The second kappa shape index (κ2) is 10.3. The van der Waals surface area contributed by atoms with Crippen LogP contribution in [0, 0.1) is 0 Å². The van der Waals surface area contributed by atoms with Crippen LogP contribution in [0.5, 0.6) is 0 Å². The molecule has 2 aromatic rings. The first kappa shape index (κ1) is 21.2. The number of hydrogen-bond donors (Lipinski definition) is 2. The minimum Gasteiger partial charge on any atom is -0.445 e.